The van der Waals surface area contributed by atoms with Crippen LogP contribution in [0.5, 0.6) is 11.6 Å². The molecule has 1 fully saturated rings. The minimum atomic E-state index is -0.778. The second-order valence-corrected chi connectivity index (χ2v) is 11.4. The van der Waals surface area contributed by atoms with Crippen molar-refractivity contribution in [2.24, 2.45) is 0 Å². The van der Waals surface area contributed by atoms with Crippen molar-refractivity contribution < 1.29 is 28.3 Å². The number of carboxylic acid groups (broad SMARTS) is 1. The van der Waals surface area contributed by atoms with Crippen LogP contribution in [0.1, 0.15) is 49.2 Å². The highest BCUT2D eigenvalue weighted by Gasteiger charge is 2.54. The van der Waals surface area contributed by atoms with E-state index in [4.69, 9.17) is 4.74 Å². The molecule has 0 aliphatic carbocycles. The van der Waals surface area contributed by atoms with Gasteiger partial charge in [0, 0.05) is 38.6 Å². The number of anilines is 1. The molecule has 1 aliphatic rings. The summed E-state index contributed by atoms with van der Waals surface area (Å²) in [7, 11) is 1.66. The molecule has 1 aromatic carbocycles. The number of amides is 2. The van der Waals surface area contributed by atoms with E-state index in [1.807, 2.05) is 40.7 Å². The zero-order chi connectivity index (χ0) is 29.2. The molecule has 2 amide bonds. The van der Waals surface area contributed by atoms with Crippen molar-refractivity contribution in [3.63, 3.8) is 0 Å². The highest BCUT2D eigenvalue weighted by molar-refractivity contribution is 6.05. The summed E-state index contributed by atoms with van der Waals surface area (Å²) in [5, 5.41) is 10.1. The molecule has 1 saturated heterocycles. The quantitative estimate of drug-likeness (QED) is 0.406. The number of nitrogens with zero attached hydrogens (tertiary/aromatic N) is 5. The van der Waals surface area contributed by atoms with Crippen LogP contribution in [0.2, 0.25) is 0 Å². The van der Waals surface area contributed by atoms with Gasteiger partial charge in [0.25, 0.3) is 5.91 Å². The zero-order valence-corrected chi connectivity index (χ0v) is 23.9. The fourth-order valence-electron chi connectivity index (χ4n) is 5.48. The third-order valence-electron chi connectivity index (χ3n) is 7.85. The summed E-state index contributed by atoms with van der Waals surface area (Å²) in [5.74, 6) is 0.621. The number of carbonyl (C=O) groups is 2. The van der Waals surface area contributed by atoms with Crippen LogP contribution in [0.3, 0.4) is 0 Å². The standard InChI is InChI=1S/C30H36FN5O4/c1-20-15-26(32-17-23(20)19-35-13-14-36(29(38)39,21(2)18-35)30(3,4)5)34(6)28(37)22-7-12-27(33-16-22)40-25-10-8-24(31)9-11-25/h7-12,15-17,21H,13-14,18-19H2,1-6H3/p+1/t21-,36?/m0/s1. The molecule has 0 radical (unpaired) electrons. The largest absolute Gasteiger partial charge is 0.514 e. The molecule has 40 heavy (non-hydrogen) atoms. The highest BCUT2D eigenvalue weighted by Crippen LogP contribution is 2.33. The summed E-state index contributed by atoms with van der Waals surface area (Å²) in [6, 6.07) is 10.6. The molecule has 1 N–H and O–H groups in total. The monoisotopic (exact) mass is 550 g/mol. The molecule has 1 aliphatic heterocycles. The van der Waals surface area contributed by atoms with Gasteiger partial charge in [-0.05, 0) is 82.1 Å². The van der Waals surface area contributed by atoms with Crippen LogP contribution >= 0.6 is 0 Å². The second kappa shape index (κ2) is 11.3. The summed E-state index contributed by atoms with van der Waals surface area (Å²) in [4.78, 5) is 37.9. The Hall–Kier alpha value is -3.89. The fourth-order valence-corrected chi connectivity index (χ4v) is 5.48. The number of halogens is 1. The molecule has 3 heterocycles. The van der Waals surface area contributed by atoms with E-state index in [0.717, 1.165) is 11.1 Å². The van der Waals surface area contributed by atoms with Crippen molar-refractivity contribution in [1.29, 1.82) is 0 Å². The van der Waals surface area contributed by atoms with Crippen molar-refractivity contribution in [3.8, 4) is 11.6 Å². The normalized spacial score (nSPS) is 19.7. The minimum Gasteiger partial charge on any atom is -0.439 e. The number of quaternary nitrogens is 1. The van der Waals surface area contributed by atoms with Crippen molar-refractivity contribution in [1.82, 2.24) is 14.9 Å². The van der Waals surface area contributed by atoms with Gasteiger partial charge in [-0.3, -0.25) is 14.6 Å². The molecule has 0 saturated carbocycles. The third-order valence-corrected chi connectivity index (χ3v) is 7.85. The number of aryl methyl sites for hydroxylation is 1. The first-order valence-corrected chi connectivity index (χ1v) is 13.3. The topological polar surface area (TPSA) is 95.9 Å². The predicted molar refractivity (Wildman–Crippen MR) is 150 cm³/mol. The lowest BCUT2D eigenvalue weighted by atomic mass is 9.95. The van der Waals surface area contributed by atoms with E-state index in [0.29, 0.717) is 43.3 Å². The van der Waals surface area contributed by atoms with Crippen LogP contribution < -0.4 is 9.64 Å². The Kier molecular flexibility index (Phi) is 8.23. The second-order valence-electron chi connectivity index (χ2n) is 11.4. The molecule has 1 unspecified atom stereocenters. The molecule has 3 aromatic rings. The summed E-state index contributed by atoms with van der Waals surface area (Å²) in [6.45, 7) is 12.5. The van der Waals surface area contributed by atoms with Crippen molar-refractivity contribution in [2.75, 3.05) is 31.6 Å². The van der Waals surface area contributed by atoms with E-state index in [9.17, 15) is 19.1 Å². The zero-order valence-electron chi connectivity index (χ0n) is 23.9. The smallest absolute Gasteiger partial charge is 0.439 e. The lowest BCUT2D eigenvalue weighted by Crippen LogP contribution is -2.73. The summed E-state index contributed by atoms with van der Waals surface area (Å²) in [5.41, 5.74) is 2.00. The summed E-state index contributed by atoms with van der Waals surface area (Å²) in [6.07, 6.45) is 2.44. The first kappa shape index (κ1) is 29.1. The van der Waals surface area contributed by atoms with E-state index in [-0.39, 0.29) is 28.1 Å². The van der Waals surface area contributed by atoms with Gasteiger partial charge in [0.1, 0.15) is 35.5 Å². The number of rotatable bonds is 6. The molecule has 0 bridgehead atoms. The van der Waals surface area contributed by atoms with Gasteiger partial charge in [-0.1, -0.05) is 0 Å². The number of piperazine rings is 1. The SMILES string of the molecule is Cc1cc(N(C)C(=O)c2ccc(Oc3ccc(F)cc3)nc2)ncc1CN1CC[N+](C(=O)O)(C(C)(C)C)[C@@H](C)C1. The number of hydrogen-bond acceptors (Lipinski definition) is 6. The first-order valence-electron chi connectivity index (χ1n) is 13.3. The Bertz CT molecular complexity index is 1370. The van der Waals surface area contributed by atoms with Crippen LogP contribution in [-0.2, 0) is 6.54 Å². The van der Waals surface area contributed by atoms with Crippen LogP contribution in [0.4, 0.5) is 15.0 Å². The van der Waals surface area contributed by atoms with Crippen LogP contribution in [0.25, 0.3) is 0 Å². The van der Waals surface area contributed by atoms with Crippen molar-refractivity contribution in [3.05, 3.63) is 77.4 Å². The van der Waals surface area contributed by atoms with E-state index in [1.165, 1.54) is 35.4 Å². The van der Waals surface area contributed by atoms with Crippen LogP contribution in [-0.4, -0.2) is 74.7 Å². The lowest BCUT2D eigenvalue weighted by Gasteiger charge is -2.52. The number of pyridine rings is 2. The van der Waals surface area contributed by atoms with Crippen LogP contribution in [0, 0.1) is 12.7 Å². The number of hydrogen-bond donors (Lipinski definition) is 1. The molecule has 9 nitrogen and oxygen atoms in total. The lowest BCUT2D eigenvalue weighted by molar-refractivity contribution is -0.929. The Morgan fingerprint density at radius 2 is 1.85 bits per heavy atom. The van der Waals surface area contributed by atoms with E-state index in [1.54, 1.807) is 25.4 Å². The average molecular weight is 551 g/mol. The maximum atomic E-state index is 13.1. The van der Waals surface area contributed by atoms with Crippen molar-refractivity contribution >= 4 is 17.8 Å². The minimum absolute atomic E-state index is 0.0424. The molecule has 10 heteroatoms. The first-order chi connectivity index (χ1) is 18.8. The number of aromatic nitrogens is 2. The van der Waals surface area contributed by atoms with E-state index < -0.39 is 11.6 Å². The molecular formula is C30H37FN5O4+. The predicted octanol–water partition coefficient (Wildman–Crippen LogP) is 5.49. The van der Waals surface area contributed by atoms with Gasteiger partial charge in [0.05, 0.1) is 12.1 Å². The maximum Gasteiger partial charge on any atom is 0.514 e. The van der Waals surface area contributed by atoms with E-state index >= 15 is 0 Å². The number of benzene rings is 1. The molecule has 4 rings (SSSR count). The Morgan fingerprint density at radius 3 is 2.40 bits per heavy atom. The van der Waals surface area contributed by atoms with Gasteiger partial charge in [-0.15, -0.1) is 0 Å². The Labute approximate surface area is 234 Å². The Morgan fingerprint density at radius 1 is 1.15 bits per heavy atom. The highest BCUT2D eigenvalue weighted by atomic mass is 19.1. The van der Waals surface area contributed by atoms with E-state index in [2.05, 4.69) is 14.9 Å². The van der Waals surface area contributed by atoms with Crippen LogP contribution in [0.15, 0.2) is 54.9 Å². The third kappa shape index (κ3) is 5.83. The van der Waals surface area contributed by atoms with Gasteiger partial charge in [-0.2, -0.15) is 4.79 Å². The molecule has 0 spiro atoms. The van der Waals surface area contributed by atoms with Gasteiger partial charge in [-0.25, -0.2) is 18.8 Å². The fraction of sp³-hybridized carbons (Fsp3) is 0.400. The molecule has 212 valence electrons. The number of carbonyl (C=O) groups excluding carboxylic acids is 1. The van der Waals surface area contributed by atoms with Crippen molar-refractivity contribution in [2.45, 2.75) is 52.7 Å². The van der Waals surface area contributed by atoms with Gasteiger partial charge in [0.15, 0.2) is 0 Å². The average Bonchev–Trinajstić information content (AvgIpc) is 2.90. The summed E-state index contributed by atoms with van der Waals surface area (Å²) < 4.78 is 18.7. The molecular weight excluding hydrogens is 513 g/mol. The van der Waals surface area contributed by atoms with Gasteiger partial charge in [0.2, 0.25) is 5.88 Å². The van der Waals surface area contributed by atoms with Gasteiger partial charge < -0.3 is 9.84 Å². The maximum absolute atomic E-state index is 13.1. The summed E-state index contributed by atoms with van der Waals surface area (Å²) >= 11 is 0. The number of ether oxygens (including phenoxy) is 1. The van der Waals surface area contributed by atoms with Gasteiger partial charge >= 0.3 is 6.09 Å². The molecule has 2 aromatic heterocycles. The molecule has 2 atom stereocenters. The Balaban J connectivity index is 1.40.